The molecule has 0 saturated carbocycles. The topological polar surface area (TPSA) is 85.8 Å². The number of hydrogen-bond acceptors (Lipinski definition) is 6. The largest absolute Gasteiger partial charge is 0.497 e. The van der Waals surface area contributed by atoms with Gasteiger partial charge in [-0.15, -0.1) is 0 Å². The number of ether oxygens (including phenoxy) is 1. The zero-order chi connectivity index (χ0) is 25.4. The van der Waals surface area contributed by atoms with Gasteiger partial charge >= 0.3 is 0 Å². The summed E-state index contributed by atoms with van der Waals surface area (Å²) < 4.78 is 14.7. The van der Waals surface area contributed by atoms with Gasteiger partial charge in [-0.3, -0.25) is 14.2 Å². The highest BCUT2D eigenvalue weighted by Gasteiger charge is 2.32. The highest BCUT2D eigenvalue weighted by atomic mass is 127. The molecule has 0 saturated heterocycles. The molecule has 1 N–H and O–H groups in total. The molecule has 2 aromatic carbocycles. The number of methoxy groups -OCH3 is 1. The molecule has 4 aromatic rings. The van der Waals surface area contributed by atoms with E-state index >= 15 is 0 Å². The van der Waals surface area contributed by atoms with E-state index in [2.05, 4.69) is 48.8 Å². The van der Waals surface area contributed by atoms with E-state index in [1.807, 2.05) is 60.7 Å². The molecule has 1 aliphatic rings. The number of allylic oxidation sites excluding steroid dienone is 1. The number of para-hydroxylation sites is 1. The predicted octanol–water partition coefficient (Wildman–Crippen LogP) is 4.84. The fourth-order valence-electron chi connectivity index (χ4n) is 4.02. The Hall–Kier alpha value is -2.96. The first-order chi connectivity index (χ1) is 17.4. The number of benzene rings is 2. The second-order valence-electron chi connectivity index (χ2n) is 7.95. The molecule has 182 valence electrons. The van der Waals surface area contributed by atoms with Crippen LogP contribution < -0.4 is 24.9 Å². The maximum Gasteiger partial charge on any atom is 0.271 e. The van der Waals surface area contributed by atoms with Gasteiger partial charge in [0.25, 0.3) is 11.5 Å². The molecular formula is C26H19BrIN3O4S. The van der Waals surface area contributed by atoms with E-state index in [0.29, 0.717) is 41.6 Å². The molecule has 0 aliphatic carbocycles. The van der Waals surface area contributed by atoms with Crippen LogP contribution in [0, 0.1) is 3.77 Å². The lowest BCUT2D eigenvalue weighted by Crippen LogP contribution is -2.40. The van der Waals surface area contributed by atoms with Crippen molar-refractivity contribution in [3.8, 4) is 5.75 Å². The molecule has 2 aromatic heterocycles. The van der Waals surface area contributed by atoms with Crippen LogP contribution in [0.4, 0.5) is 5.69 Å². The summed E-state index contributed by atoms with van der Waals surface area (Å²) in [6, 6.07) is 17.7. The van der Waals surface area contributed by atoms with Crippen molar-refractivity contribution in [2.75, 3.05) is 12.4 Å². The molecule has 7 nitrogen and oxygen atoms in total. The zero-order valence-electron chi connectivity index (χ0n) is 19.1. The quantitative estimate of drug-likeness (QED) is 0.307. The van der Waals surface area contributed by atoms with Gasteiger partial charge in [-0.1, -0.05) is 41.7 Å². The Kier molecular flexibility index (Phi) is 7.00. The van der Waals surface area contributed by atoms with Crippen LogP contribution in [-0.2, 0) is 4.79 Å². The molecule has 0 fully saturated rings. The van der Waals surface area contributed by atoms with Crippen LogP contribution in [0.1, 0.15) is 24.3 Å². The molecule has 3 heterocycles. The lowest BCUT2D eigenvalue weighted by atomic mass is 9.95. The molecule has 0 unspecified atom stereocenters. The molecule has 36 heavy (non-hydrogen) atoms. The highest BCUT2D eigenvalue weighted by molar-refractivity contribution is 14.1. The van der Waals surface area contributed by atoms with Gasteiger partial charge < -0.3 is 14.5 Å². The van der Waals surface area contributed by atoms with Gasteiger partial charge in [0, 0.05) is 34.4 Å². The van der Waals surface area contributed by atoms with Crippen molar-refractivity contribution in [1.82, 2.24) is 4.57 Å². The van der Waals surface area contributed by atoms with Gasteiger partial charge in [0.05, 0.1) is 33.4 Å². The van der Waals surface area contributed by atoms with Crippen LogP contribution in [0.15, 0.2) is 90.6 Å². The average Bonchev–Trinajstić information content (AvgIpc) is 3.35. The molecule has 1 amide bonds. The maximum atomic E-state index is 13.7. The molecular weight excluding hydrogens is 657 g/mol. The normalized spacial score (nSPS) is 15.4. The van der Waals surface area contributed by atoms with E-state index in [4.69, 9.17) is 9.15 Å². The third-order valence-corrected chi connectivity index (χ3v) is 8.76. The number of furan rings is 1. The Labute approximate surface area is 232 Å². The van der Waals surface area contributed by atoms with E-state index < -0.39 is 6.04 Å². The van der Waals surface area contributed by atoms with Gasteiger partial charge in [-0.25, -0.2) is 4.99 Å². The SMILES string of the molecule is COc1cccc([C@H]2C(C(=O)Nc3ccccc3)=C(C)N=c3s/c(=C/c4cc(Br)c(I)o4)c(=O)n32)c1. The van der Waals surface area contributed by atoms with Crippen LogP contribution in [0.2, 0.25) is 0 Å². The second kappa shape index (κ2) is 10.2. The lowest BCUT2D eigenvalue weighted by molar-refractivity contribution is -0.113. The third kappa shape index (κ3) is 4.72. The monoisotopic (exact) mass is 675 g/mol. The van der Waals surface area contributed by atoms with Gasteiger partial charge in [0.15, 0.2) is 8.57 Å². The Morgan fingerprint density at radius 3 is 2.69 bits per heavy atom. The summed E-state index contributed by atoms with van der Waals surface area (Å²) in [5.74, 6) is 0.850. The van der Waals surface area contributed by atoms with Gasteiger partial charge in [-0.05, 0) is 58.7 Å². The number of nitrogens with one attached hydrogen (secondary N) is 1. The summed E-state index contributed by atoms with van der Waals surface area (Å²) in [7, 11) is 1.58. The molecule has 0 radical (unpaired) electrons. The number of thiazole rings is 1. The van der Waals surface area contributed by atoms with E-state index in [9.17, 15) is 9.59 Å². The summed E-state index contributed by atoms with van der Waals surface area (Å²) in [5, 5.41) is 2.95. The first-order valence-electron chi connectivity index (χ1n) is 10.8. The number of fused-ring (bicyclic) bond motifs is 1. The lowest BCUT2D eigenvalue weighted by Gasteiger charge is -2.25. The van der Waals surface area contributed by atoms with E-state index in [-0.39, 0.29) is 11.5 Å². The van der Waals surface area contributed by atoms with Crippen molar-refractivity contribution in [3.05, 3.63) is 111 Å². The fourth-order valence-corrected chi connectivity index (χ4v) is 5.77. The van der Waals surface area contributed by atoms with Gasteiger partial charge in [0.1, 0.15) is 11.5 Å². The summed E-state index contributed by atoms with van der Waals surface area (Å²) in [6.45, 7) is 1.79. The number of anilines is 1. The third-order valence-electron chi connectivity index (χ3n) is 5.65. The Morgan fingerprint density at radius 2 is 2.00 bits per heavy atom. The van der Waals surface area contributed by atoms with Gasteiger partial charge in [0.2, 0.25) is 0 Å². The van der Waals surface area contributed by atoms with Crippen LogP contribution >= 0.6 is 49.9 Å². The predicted molar refractivity (Wildman–Crippen MR) is 151 cm³/mol. The van der Waals surface area contributed by atoms with E-state index in [0.717, 1.165) is 10.0 Å². The number of hydrogen-bond donors (Lipinski definition) is 1. The second-order valence-corrected chi connectivity index (χ2v) is 10.8. The molecule has 1 aliphatic heterocycles. The Balaban J connectivity index is 1.69. The van der Waals surface area contributed by atoms with E-state index in [1.54, 1.807) is 24.7 Å². The minimum absolute atomic E-state index is 0.258. The summed E-state index contributed by atoms with van der Waals surface area (Å²) in [4.78, 5) is 32.5. The molecule has 5 rings (SSSR count). The van der Waals surface area contributed by atoms with Crippen molar-refractivity contribution >= 4 is 67.5 Å². The average molecular weight is 676 g/mol. The van der Waals surface area contributed by atoms with Crippen molar-refractivity contribution in [2.45, 2.75) is 13.0 Å². The van der Waals surface area contributed by atoms with E-state index in [1.165, 1.54) is 11.3 Å². The van der Waals surface area contributed by atoms with Crippen LogP contribution in [0.3, 0.4) is 0 Å². The molecule has 1 atom stereocenters. The van der Waals surface area contributed by atoms with Gasteiger partial charge in [-0.2, -0.15) is 0 Å². The summed E-state index contributed by atoms with van der Waals surface area (Å²) in [5.41, 5.74) is 2.07. The first-order valence-corrected chi connectivity index (χ1v) is 13.5. The standard InChI is InChI=1S/C26H19BrIN3O4S/c1-14-21(24(32)30-16-8-4-3-5-9-16)22(15-7-6-10-17(11-15)34-2)31-25(33)20(36-26(31)29-14)13-18-12-19(27)23(28)35-18/h3-13,22H,1-2H3,(H,30,32)/b20-13+/t22-/m0/s1. The fraction of sp³-hybridized carbons (Fsp3) is 0.115. The minimum Gasteiger partial charge on any atom is -0.497 e. The minimum atomic E-state index is -0.689. The summed E-state index contributed by atoms with van der Waals surface area (Å²) >= 11 is 6.77. The molecule has 0 spiro atoms. The summed E-state index contributed by atoms with van der Waals surface area (Å²) in [6.07, 6.45) is 1.70. The number of carbonyl (C=O) groups is 1. The van der Waals surface area contributed by atoms with Crippen LogP contribution in [-0.4, -0.2) is 17.6 Å². The number of amides is 1. The molecule has 10 heteroatoms. The Morgan fingerprint density at radius 1 is 1.22 bits per heavy atom. The van der Waals surface area contributed by atoms with Crippen molar-refractivity contribution in [1.29, 1.82) is 0 Å². The number of nitrogens with zero attached hydrogens (tertiary/aromatic N) is 2. The number of aromatic nitrogens is 1. The number of halogens is 2. The number of carbonyl (C=O) groups excluding carboxylic acids is 1. The Bertz CT molecular complexity index is 1670. The zero-order valence-corrected chi connectivity index (χ0v) is 23.7. The van der Waals surface area contributed by atoms with Crippen LogP contribution in [0.5, 0.6) is 5.75 Å². The van der Waals surface area contributed by atoms with Crippen LogP contribution in [0.25, 0.3) is 6.08 Å². The molecule has 0 bridgehead atoms. The maximum absolute atomic E-state index is 13.7. The van der Waals surface area contributed by atoms with Crippen molar-refractivity contribution in [2.24, 2.45) is 4.99 Å². The smallest absolute Gasteiger partial charge is 0.271 e. The van der Waals surface area contributed by atoms with Crippen molar-refractivity contribution < 1.29 is 13.9 Å². The van der Waals surface area contributed by atoms with Crippen molar-refractivity contribution in [3.63, 3.8) is 0 Å². The highest BCUT2D eigenvalue weighted by Crippen LogP contribution is 2.32. The number of rotatable bonds is 5. The first kappa shape index (κ1) is 24.7.